The fourth-order valence-electron chi connectivity index (χ4n) is 3.56. The molecule has 0 aliphatic carbocycles. The minimum Gasteiger partial charge on any atom is -0.433 e. The number of hydrogen-bond donors (Lipinski definition) is 1. The molecule has 4 rings (SSSR count). The van der Waals surface area contributed by atoms with Crippen LogP contribution in [0.15, 0.2) is 30.7 Å². The number of benzene rings is 1. The summed E-state index contributed by atoms with van der Waals surface area (Å²) in [5, 5.41) is 4.24. The van der Waals surface area contributed by atoms with Gasteiger partial charge in [0.05, 0.1) is 37.4 Å². The average Bonchev–Trinajstić information content (AvgIpc) is 3.16. The van der Waals surface area contributed by atoms with Crippen LogP contribution in [0, 0.1) is 6.92 Å². The van der Waals surface area contributed by atoms with Gasteiger partial charge < -0.3 is 20.1 Å². The highest BCUT2D eigenvalue weighted by Gasteiger charge is 2.18. The number of rotatable bonds is 6. The SMILES string of the molecule is COCCn1cc(Oc2nc(-c3cc(C)c4c(c3)CCN(C)C4)cnc2N)cn1. The molecule has 0 atom stereocenters. The van der Waals surface area contributed by atoms with Gasteiger partial charge in [0.15, 0.2) is 11.6 Å². The normalized spacial score (nSPS) is 14.0. The Morgan fingerprint density at radius 2 is 2.10 bits per heavy atom. The van der Waals surface area contributed by atoms with Crippen molar-refractivity contribution < 1.29 is 9.47 Å². The Hall–Kier alpha value is -2.97. The third-order valence-corrected chi connectivity index (χ3v) is 5.17. The molecule has 0 radical (unpaired) electrons. The van der Waals surface area contributed by atoms with E-state index in [4.69, 9.17) is 15.2 Å². The molecule has 1 aliphatic heterocycles. The second-order valence-corrected chi connectivity index (χ2v) is 7.40. The third-order valence-electron chi connectivity index (χ3n) is 5.17. The third kappa shape index (κ3) is 4.23. The highest BCUT2D eigenvalue weighted by atomic mass is 16.5. The lowest BCUT2D eigenvalue weighted by molar-refractivity contribution is 0.183. The highest BCUT2D eigenvalue weighted by molar-refractivity contribution is 5.64. The van der Waals surface area contributed by atoms with E-state index in [0.717, 1.165) is 30.8 Å². The first kappa shape index (κ1) is 19.4. The largest absolute Gasteiger partial charge is 0.433 e. The molecule has 0 spiro atoms. The smallest absolute Gasteiger partial charge is 0.263 e. The topological polar surface area (TPSA) is 91.3 Å². The van der Waals surface area contributed by atoms with E-state index < -0.39 is 0 Å². The number of methoxy groups -OCH3 is 1. The molecule has 8 heteroatoms. The van der Waals surface area contributed by atoms with Crippen molar-refractivity contribution in [1.29, 1.82) is 0 Å². The second kappa shape index (κ2) is 8.18. The van der Waals surface area contributed by atoms with Crippen LogP contribution in [-0.4, -0.2) is 52.0 Å². The molecule has 29 heavy (non-hydrogen) atoms. The lowest BCUT2D eigenvalue weighted by Gasteiger charge is -2.27. The summed E-state index contributed by atoms with van der Waals surface area (Å²) in [6.07, 6.45) is 6.14. The van der Waals surface area contributed by atoms with Gasteiger partial charge in [0.2, 0.25) is 0 Å². The number of ether oxygens (including phenoxy) is 2. The van der Waals surface area contributed by atoms with Crippen LogP contribution in [0.2, 0.25) is 0 Å². The Morgan fingerprint density at radius 3 is 2.93 bits per heavy atom. The fourth-order valence-corrected chi connectivity index (χ4v) is 3.56. The summed E-state index contributed by atoms with van der Waals surface area (Å²) in [7, 11) is 3.81. The van der Waals surface area contributed by atoms with Crippen molar-refractivity contribution in [1.82, 2.24) is 24.6 Å². The molecule has 2 N–H and O–H groups in total. The Bertz CT molecular complexity index is 1020. The minimum absolute atomic E-state index is 0.245. The number of likely N-dealkylation sites (N-methyl/N-ethyl adjacent to an activating group) is 1. The van der Waals surface area contributed by atoms with E-state index in [1.807, 2.05) is 0 Å². The number of aromatic nitrogens is 4. The van der Waals surface area contributed by atoms with Crippen molar-refractivity contribution in [3.05, 3.63) is 47.4 Å². The van der Waals surface area contributed by atoms with E-state index in [1.54, 1.807) is 30.4 Å². The lowest BCUT2D eigenvalue weighted by Crippen LogP contribution is -2.27. The molecule has 3 heterocycles. The molecular formula is C21H26N6O2. The molecule has 152 valence electrons. The van der Waals surface area contributed by atoms with Gasteiger partial charge >= 0.3 is 0 Å². The molecular weight excluding hydrogens is 368 g/mol. The van der Waals surface area contributed by atoms with Crippen LogP contribution >= 0.6 is 0 Å². The van der Waals surface area contributed by atoms with E-state index in [-0.39, 0.29) is 11.7 Å². The van der Waals surface area contributed by atoms with Crippen LogP contribution < -0.4 is 10.5 Å². The first-order valence-corrected chi connectivity index (χ1v) is 9.66. The standard InChI is InChI=1S/C21H26N6O2/c1-14-8-16(9-15-4-5-26(2)13-18(14)15)19-11-23-20(22)21(25-19)29-17-10-24-27(12-17)6-7-28-3/h8-12H,4-7,13H2,1-3H3,(H2,22,23). The van der Waals surface area contributed by atoms with E-state index in [0.29, 0.717) is 18.9 Å². The maximum Gasteiger partial charge on any atom is 0.263 e. The maximum atomic E-state index is 6.01. The first-order valence-electron chi connectivity index (χ1n) is 9.66. The zero-order chi connectivity index (χ0) is 20.4. The summed E-state index contributed by atoms with van der Waals surface area (Å²) in [6, 6.07) is 4.37. The summed E-state index contributed by atoms with van der Waals surface area (Å²) in [4.78, 5) is 11.3. The average molecular weight is 394 g/mol. The zero-order valence-corrected chi connectivity index (χ0v) is 17.1. The fraction of sp³-hybridized carbons (Fsp3) is 0.381. The van der Waals surface area contributed by atoms with Crippen molar-refractivity contribution in [3.8, 4) is 22.9 Å². The summed E-state index contributed by atoms with van der Waals surface area (Å²) < 4.78 is 12.7. The molecule has 1 aliphatic rings. The van der Waals surface area contributed by atoms with Gasteiger partial charge in [-0.05, 0) is 49.2 Å². The van der Waals surface area contributed by atoms with Crippen LogP contribution in [0.3, 0.4) is 0 Å². The first-order chi connectivity index (χ1) is 14.0. The monoisotopic (exact) mass is 394 g/mol. The molecule has 8 nitrogen and oxygen atoms in total. The Kier molecular flexibility index (Phi) is 5.46. The van der Waals surface area contributed by atoms with Crippen LogP contribution in [-0.2, 0) is 24.2 Å². The van der Waals surface area contributed by atoms with Crippen molar-refractivity contribution in [3.63, 3.8) is 0 Å². The molecule has 0 saturated carbocycles. The highest BCUT2D eigenvalue weighted by Crippen LogP contribution is 2.31. The van der Waals surface area contributed by atoms with Crippen molar-refractivity contribution in [2.45, 2.75) is 26.4 Å². The van der Waals surface area contributed by atoms with Gasteiger partial charge in [0.1, 0.15) is 0 Å². The summed E-state index contributed by atoms with van der Waals surface area (Å²) in [6.45, 7) is 5.41. The van der Waals surface area contributed by atoms with Gasteiger partial charge in [-0.3, -0.25) is 4.68 Å². The van der Waals surface area contributed by atoms with Gasteiger partial charge in [0, 0.05) is 25.8 Å². The molecule has 0 saturated heterocycles. The van der Waals surface area contributed by atoms with E-state index in [1.165, 1.54) is 16.7 Å². The molecule has 3 aromatic rings. The number of hydrogen-bond acceptors (Lipinski definition) is 7. The molecule has 2 aromatic heterocycles. The second-order valence-electron chi connectivity index (χ2n) is 7.40. The lowest BCUT2D eigenvalue weighted by atomic mass is 9.92. The number of aryl methyl sites for hydroxylation is 1. The quantitative estimate of drug-likeness (QED) is 0.687. The number of fused-ring (bicyclic) bond motifs is 1. The van der Waals surface area contributed by atoms with Gasteiger partial charge in [-0.15, -0.1) is 0 Å². The Morgan fingerprint density at radius 1 is 1.24 bits per heavy atom. The van der Waals surface area contributed by atoms with Gasteiger partial charge in [-0.1, -0.05) is 0 Å². The maximum absolute atomic E-state index is 6.01. The van der Waals surface area contributed by atoms with Crippen molar-refractivity contribution >= 4 is 5.82 Å². The van der Waals surface area contributed by atoms with Crippen LogP contribution in [0.5, 0.6) is 11.6 Å². The number of nitrogens with zero attached hydrogens (tertiary/aromatic N) is 5. The predicted molar refractivity (Wildman–Crippen MR) is 111 cm³/mol. The van der Waals surface area contributed by atoms with Gasteiger partial charge in [-0.25, -0.2) is 9.97 Å². The molecule has 0 amide bonds. The Balaban J connectivity index is 1.60. The van der Waals surface area contributed by atoms with Gasteiger partial charge in [-0.2, -0.15) is 5.10 Å². The zero-order valence-electron chi connectivity index (χ0n) is 17.1. The van der Waals surface area contributed by atoms with Crippen molar-refractivity contribution in [2.24, 2.45) is 0 Å². The van der Waals surface area contributed by atoms with Crippen LogP contribution in [0.1, 0.15) is 16.7 Å². The summed E-state index contributed by atoms with van der Waals surface area (Å²) in [5.41, 5.74) is 11.8. The van der Waals surface area contributed by atoms with Crippen LogP contribution in [0.4, 0.5) is 5.82 Å². The Labute approximate surface area is 170 Å². The van der Waals surface area contributed by atoms with E-state index >= 15 is 0 Å². The molecule has 0 fully saturated rings. The molecule has 1 aromatic carbocycles. The van der Waals surface area contributed by atoms with E-state index in [2.05, 4.69) is 46.1 Å². The van der Waals surface area contributed by atoms with Crippen molar-refractivity contribution in [2.75, 3.05) is 33.0 Å². The predicted octanol–water partition coefficient (Wildman–Crippen LogP) is 2.66. The van der Waals surface area contributed by atoms with Crippen LogP contribution in [0.25, 0.3) is 11.3 Å². The number of nitrogen functional groups attached to an aromatic ring is 1. The summed E-state index contributed by atoms with van der Waals surface area (Å²) >= 11 is 0. The number of nitrogens with two attached hydrogens (primary N) is 1. The number of anilines is 1. The van der Waals surface area contributed by atoms with Gasteiger partial charge in [0.25, 0.3) is 5.88 Å². The summed E-state index contributed by atoms with van der Waals surface area (Å²) in [5.74, 6) is 1.09. The van der Waals surface area contributed by atoms with E-state index in [9.17, 15) is 0 Å². The minimum atomic E-state index is 0.245. The molecule has 0 unspecified atom stereocenters. The molecule has 0 bridgehead atoms.